The van der Waals surface area contributed by atoms with Gasteiger partial charge in [-0.05, 0) is 19.3 Å². The minimum absolute atomic E-state index is 0.0618. The van der Waals surface area contributed by atoms with Gasteiger partial charge in [0, 0.05) is 26.5 Å². The smallest absolute Gasteiger partial charge is 0.239 e. The van der Waals surface area contributed by atoms with E-state index in [2.05, 4.69) is 0 Å². The van der Waals surface area contributed by atoms with Crippen LogP contribution in [0.5, 0.6) is 0 Å². The minimum atomic E-state index is -3.08. The normalized spacial score (nSPS) is 21.8. The number of nitrogens with two attached hydrogens (primary N) is 1. The van der Waals surface area contributed by atoms with E-state index >= 15 is 0 Å². The maximum absolute atomic E-state index is 11.9. The molecule has 0 bridgehead atoms. The van der Waals surface area contributed by atoms with Crippen molar-refractivity contribution in [2.45, 2.75) is 31.4 Å². The number of carbonyl (C=O) groups excluding carboxylic acids is 1. The van der Waals surface area contributed by atoms with E-state index in [9.17, 15) is 13.2 Å². The van der Waals surface area contributed by atoms with Crippen molar-refractivity contribution in [3.8, 4) is 0 Å². The van der Waals surface area contributed by atoms with E-state index in [-0.39, 0.29) is 24.2 Å². The van der Waals surface area contributed by atoms with Crippen molar-refractivity contribution in [3.63, 3.8) is 0 Å². The first kappa shape index (κ1) is 15.4. The molecule has 106 valence electrons. The predicted octanol–water partition coefficient (Wildman–Crippen LogP) is -0.614. The van der Waals surface area contributed by atoms with Gasteiger partial charge in [0.15, 0.2) is 0 Å². The Morgan fingerprint density at radius 2 is 2.22 bits per heavy atom. The van der Waals surface area contributed by atoms with Gasteiger partial charge in [-0.1, -0.05) is 0 Å². The van der Waals surface area contributed by atoms with Crippen molar-refractivity contribution in [3.05, 3.63) is 0 Å². The first-order valence-electron chi connectivity index (χ1n) is 6.09. The summed E-state index contributed by atoms with van der Waals surface area (Å²) in [6.45, 7) is 1.26. The van der Waals surface area contributed by atoms with Crippen molar-refractivity contribution in [2.24, 2.45) is 5.73 Å². The summed E-state index contributed by atoms with van der Waals surface area (Å²) in [5.74, 6) is -0.289. The van der Waals surface area contributed by atoms with Crippen molar-refractivity contribution in [2.75, 3.05) is 32.2 Å². The molecule has 0 radical (unpaired) electrons. The maximum atomic E-state index is 11.9. The molecule has 1 amide bonds. The van der Waals surface area contributed by atoms with E-state index in [1.54, 1.807) is 7.05 Å². The van der Waals surface area contributed by atoms with Crippen molar-refractivity contribution in [1.82, 2.24) is 4.90 Å². The Hall–Kier alpha value is -0.660. The van der Waals surface area contributed by atoms with E-state index in [1.807, 2.05) is 0 Å². The molecule has 1 saturated heterocycles. The highest BCUT2D eigenvalue weighted by Crippen LogP contribution is 2.13. The molecule has 7 heteroatoms. The molecule has 2 N–H and O–H groups in total. The number of hydrogen-bond acceptors (Lipinski definition) is 5. The Balaban J connectivity index is 2.37. The summed E-state index contributed by atoms with van der Waals surface area (Å²) in [5.41, 5.74) is 5.70. The molecular formula is C11H22N2O4S. The third-order valence-corrected chi connectivity index (χ3v) is 3.97. The lowest BCUT2D eigenvalue weighted by molar-refractivity contribution is -0.132. The molecular weight excluding hydrogens is 256 g/mol. The number of carbonyl (C=O) groups is 1. The van der Waals surface area contributed by atoms with Gasteiger partial charge in [-0.3, -0.25) is 4.79 Å². The second-order valence-electron chi connectivity index (χ2n) is 4.88. The van der Waals surface area contributed by atoms with E-state index < -0.39 is 15.9 Å². The van der Waals surface area contributed by atoms with Crippen molar-refractivity contribution >= 4 is 15.7 Å². The zero-order valence-electron chi connectivity index (χ0n) is 11.0. The minimum Gasteiger partial charge on any atom is -0.376 e. The van der Waals surface area contributed by atoms with Crippen LogP contribution in [0, 0.1) is 0 Å². The molecule has 0 saturated carbocycles. The third-order valence-electron chi connectivity index (χ3n) is 2.99. The van der Waals surface area contributed by atoms with Crippen molar-refractivity contribution < 1.29 is 17.9 Å². The van der Waals surface area contributed by atoms with Gasteiger partial charge in [0.1, 0.15) is 9.84 Å². The van der Waals surface area contributed by atoms with E-state index in [0.29, 0.717) is 6.54 Å². The Kier molecular flexibility index (Phi) is 5.55. The van der Waals surface area contributed by atoms with Gasteiger partial charge in [-0.15, -0.1) is 0 Å². The van der Waals surface area contributed by atoms with E-state index in [0.717, 1.165) is 25.7 Å². The topological polar surface area (TPSA) is 89.7 Å². The zero-order chi connectivity index (χ0) is 13.8. The molecule has 2 unspecified atom stereocenters. The van der Waals surface area contributed by atoms with Gasteiger partial charge < -0.3 is 15.4 Å². The lowest BCUT2D eigenvalue weighted by Crippen LogP contribution is -2.45. The number of ether oxygens (including phenoxy) is 1. The fourth-order valence-corrected chi connectivity index (χ4v) is 2.61. The predicted molar refractivity (Wildman–Crippen MR) is 68.9 cm³/mol. The van der Waals surface area contributed by atoms with Gasteiger partial charge >= 0.3 is 0 Å². The summed E-state index contributed by atoms with van der Waals surface area (Å²) in [6.07, 6.45) is 3.36. The lowest BCUT2D eigenvalue weighted by Gasteiger charge is -2.23. The highest BCUT2D eigenvalue weighted by Gasteiger charge is 2.24. The SMILES string of the molecule is CN(CC1CCCO1)C(=O)C(N)CCS(C)(=O)=O. The zero-order valence-corrected chi connectivity index (χ0v) is 11.8. The lowest BCUT2D eigenvalue weighted by atomic mass is 10.2. The number of hydrogen-bond donors (Lipinski definition) is 1. The van der Waals surface area contributed by atoms with Crippen molar-refractivity contribution in [1.29, 1.82) is 0 Å². The molecule has 0 aromatic heterocycles. The quantitative estimate of drug-likeness (QED) is 0.700. The summed E-state index contributed by atoms with van der Waals surface area (Å²) in [7, 11) is -1.41. The first-order valence-corrected chi connectivity index (χ1v) is 8.15. The van der Waals surface area contributed by atoms with Crippen LogP contribution < -0.4 is 5.73 Å². The second kappa shape index (κ2) is 6.49. The molecule has 6 nitrogen and oxygen atoms in total. The highest BCUT2D eigenvalue weighted by molar-refractivity contribution is 7.90. The van der Waals surface area contributed by atoms with E-state index in [1.165, 1.54) is 4.90 Å². The molecule has 0 aromatic rings. The molecule has 1 heterocycles. The summed E-state index contributed by atoms with van der Waals surface area (Å²) in [5, 5.41) is 0. The van der Waals surface area contributed by atoms with Crippen LogP contribution in [0.4, 0.5) is 0 Å². The largest absolute Gasteiger partial charge is 0.376 e. The molecule has 1 aliphatic rings. The molecule has 0 aliphatic carbocycles. The number of sulfone groups is 1. The summed E-state index contributed by atoms with van der Waals surface area (Å²) in [4.78, 5) is 13.4. The molecule has 1 fully saturated rings. The molecule has 2 atom stereocenters. The van der Waals surface area contributed by atoms with Gasteiger partial charge in [0.2, 0.25) is 5.91 Å². The standard InChI is InChI=1S/C11H22N2O4S/c1-13(8-9-4-3-6-17-9)11(14)10(12)5-7-18(2,15)16/h9-10H,3-8,12H2,1-2H3. The Morgan fingerprint density at radius 3 is 2.72 bits per heavy atom. The van der Waals surface area contributed by atoms with Crippen LogP contribution in [0.1, 0.15) is 19.3 Å². The molecule has 0 spiro atoms. The van der Waals surface area contributed by atoms with Gasteiger partial charge in [-0.25, -0.2) is 8.42 Å². The summed E-state index contributed by atoms with van der Waals surface area (Å²) < 4.78 is 27.4. The fourth-order valence-electron chi connectivity index (χ4n) is 1.93. The van der Waals surface area contributed by atoms with Gasteiger partial charge in [-0.2, -0.15) is 0 Å². The monoisotopic (exact) mass is 278 g/mol. The number of nitrogens with zero attached hydrogens (tertiary/aromatic N) is 1. The molecule has 18 heavy (non-hydrogen) atoms. The highest BCUT2D eigenvalue weighted by atomic mass is 32.2. The average molecular weight is 278 g/mol. The van der Waals surface area contributed by atoms with Crippen LogP contribution in [-0.2, 0) is 19.4 Å². The van der Waals surface area contributed by atoms with Gasteiger partial charge in [0.05, 0.1) is 17.9 Å². The Labute approximate surface area is 108 Å². The first-order chi connectivity index (χ1) is 8.29. The van der Waals surface area contributed by atoms with Crippen LogP contribution in [0.15, 0.2) is 0 Å². The number of rotatable bonds is 6. The van der Waals surface area contributed by atoms with Crippen LogP contribution in [0.2, 0.25) is 0 Å². The fraction of sp³-hybridized carbons (Fsp3) is 0.909. The summed E-state index contributed by atoms with van der Waals surface area (Å²) >= 11 is 0. The van der Waals surface area contributed by atoms with Crippen LogP contribution >= 0.6 is 0 Å². The van der Waals surface area contributed by atoms with E-state index in [4.69, 9.17) is 10.5 Å². The Morgan fingerprint density at radius 1 is 1.56 bits per heavy atom. The number of amides is 1. The molecule has 0 aromatic carbocycles. The molecule has 1 rings (SSSR count). The van der Waals surface area contributed by atoms with Crippen LogP contribution in [0.3, 0.4) is 0 Å². The number of likely N-dealkylation sites (N-methyl/N-ethyl adjacent to an activating group) is 1. The Bertz CT molecular complexity index is 377. The maximum Gasteiger partial charge on any atom is 0.239 e. The third kappa shape index (κ3) is 5.32. The average Bonchev–Trinajstić information content (AvgIpc) is 2.76. The molecule has 1 aliphatic heterocycles. The van der Waals surface area contributed by atoms with Crippen LogP contribution in [0.25, 0.3) is 0 Å². The summed E-state index contributed by atoms with van der Waals surface area (Å²) in [6, 6.07) is -0.758. The van der Waals surface area contributed by atoms with Crippen LogP contribution in [-0.4, -0.2) is 63.6 Å². The second-order valence-corrected chi connectivity index (χ2v) is 7.14. The van der Waals surface area contributed by atoms with Gasteiger partial charge in [0.25, 0.3) is 0 Å².